The number of pyridine rings is 1. The standard InChI is InChI=1S/C29H31N4O4S2.ClH/c1-17-24(16-39-38-15-18-8-7-9-19(12-18)33(35)36)32(11-10-25(17)37-6)27-30-22-13-20-21(14-23(22)31-27)29(4,5)26(34)28(20,2)3;/h7-14H,15-16H2,1-6H3,(H,30,31);1H/q+1;/p-1. The van der Waals surface area contributed by atoms with Gasteiger partial charge in [0.15, 0.2) is 11.3 Å². The quantitative estimate of drug-likeness (QED) is 0.109. The summed E-state index contributed by atoms with van der Waals surface area (Å²) in [6.45, 7) is 10.0. The Morgan fingerprint density at radius 3 is 2.40 bits per heavy atom. The number of aromatic nitrogens is 3. The summed E-state index contributed by atoms with van der Waals surface area (Å²) >= 11 is 0. The zero-order chi connectivity index (χ0) is 28.1. The summed E-state index contributed by atoms with van der Waals surface area (Å²) < 4.78 is 7.65. The van der Waals surface area contributed by atoms with Crippen LogP contribution in [0.4, 0.5) is 5.69 Å². The topological polar surface area (TPSA) is 102 Å². The predicted octanol–water partition coefficient (Wildman–Crippen LogP) is 3.29. The highest BCUT2D eigenvalue weighted by atomic mass is 35.5. The SMILES string of the molecule is COc1cc[n+](-c2nc3cc4c(cc3[nH]2)C(C)(C)C(=O)C4(C)C)c(CSSCc2cccc([N+](=O)[O-])c2)c1C.[Cl-]. The minimum Gasteiger partial charge on any atom is -1.00 e. The number of nitro groups is 1. The van der Waals surface area contributed by atoms with Crippen LogP contribution in [0.1, 0.15) is 55.6 Å². The van der Waals surface area contributed by atoms with Crippen molar-refractivity contribution < 1.29 is 31.4 Å². The number of nitro benzene ring substituents is 1. The number of fused-ring (bicyclic) bond motifs is 2. The van der Waals surface area contributed by atoms with E-state index in [0.717, 1.165) is 44.7 Å². The molecule has 0 spiro atoms. The Morgan fingerprint density at radius 1 is 1.05 bits per heavy atom. The fourth-order valence-electron chi connectivity index (χ4n) is 5.46. The number of ether oxygens (including phenoxy) is 1. The second-order valence-corrected chi connectivity index (χ2v) is 13.3. The molecule has 210 valence electrons. The molecule has 0 aliphatic heterocycles. The third kappa shape index (κ3) is 5.08. The summed E-state index contributed by atoms with van der Waals surface area (Å²) in [7, 11) is 4.98. The van der Waals surface area contributed by atoms with E-state index < -0.39 is 10.8 Å². The Bertz CT molecular complexity index is 1580. The van der Waals surface area contributed by atoms with Gasteiger partial charge in [-0.15, -0.1) is 0 Å². The van der Waals surface area contributed by atoms with Gasteiger partial charge in [0, 0.05) is 40.3 Å². The molecule has 0 fully saturated rings. The Labute approximate surface area is 247 Å². The number of halogens is 1. The van der Waals surface area contributed by atoms with Gasteiger partial charge < -0.3 is 17.1 Å². The second-order valence-electron chi connectivity index (χ2n) is 10.8. The van der Waals surface area contributed by atoms with Crippen LogP contribution in [-0.4, -0.2) is 27.8 Å². The lowest BCUT2D eigenvalue weighted by atomic mass is 9.80. The molecule has 1 aliphatic carbocycles. The van der Waals surface area contributed by atoms with Crippen molar-refractivity contribution >= 4 is 44.1 Å². The molecule has 0 atom stereocenters. The molecule has 1 aliphatic rings. The van der Waals surface area contributed by atoms with Gasteiger partial charge >= 0.3 is 5.95 Å². The van der Waals surface area contributed by atoms with Gasteiger partial charge in [0.1, 0.15) is 17.0 Å². The van der Waals surface area contributed by atoms with Crippen LogP contribution >= 0.6 is 21.6 Å². The summed E-state index contributed by atoms with van der Waals surface area (Å²) in [6.07, 6.45) is 1.95. The maximum Gasteiger partial charge on any atom is 0.402 e. The van der Waals surface area contributed by atoms with Crippen molar-refractivity contribution in [2.75, 3.05) is 7.11 Å². The summed E-state index contributed by atoms with van der Waals surface area (Å²) in [6, 6.07) is 12.8. The molecule has 2 heterocycles. The van der Waals surface area contributed by atoms with Crippen LogP contribution in [0.3, 0.4) is 0 Å². The van der Waals surface area contributed by atoms with Crippen LogP contribution in [-0.2, 0) is 27.1 Å². The zero-order valence-corrected chi connectivity index (χ0v) is 25.6. The van der Waals surface area contributed by atoms with Gasteiger partial charge in [-0.25, -0.2) is 9.55 Å². The van der Waals surface area contributed by atoms with Crippen LogP contribution in [0, 0.1) is 17.0 Å². The van der Waals surface area contributed by atoms with Crippen LogP contribution in [0.15, 0.2) is 48.7 Å². The molecule has 40 heavy (non-hydrogen) atoms. The van der Waals surface area contributed by atoms with Crippen molar-refractivity contribution in [1.29, 1.82) is 0 Å². The third-order valence-corrected chi connectivity index (χ3v) is 9.85. The Kier molecular flexibility index (Phi) is 8.27. The average Bonchev–Trinajstić information content (AvgIpc) is 3.38. The molecule has 0 saturated carbocycles. The van der Waals surface area contributed by atoms with Crippen LogP contribution < -0.4 is 21.7 Å². The lowest BCUT2D eigenvalue weighted by molar-refractivity contribution is -0.610. The number of carbonyl (C=O) groups is 1. The van der Waals surface area contributed by atoms with Crippen LogP contribution in [0.5, 0.6) is 5.75 Å². The van der Waals surface area contributed by atoms with E-state index in [1.807, 2.05) is 57.5 Å². The van der Waals surface area contributed by atoms with Gasteiger partial charge in [0.25, 0.3) is 5.69 Å². The number of Topliss-reactive ketones (excluding diaryl/α,β-unsaturated/α-hetero) is 1. The molecule has 0 unspecified atom stereocenters. The molecule has 11 heteroatoms. The van der Waals surface area contributed by atoms with Crippen molar-refractivity contribution in [3.63, 3.8) is 0 Å². The van der Waals surface area contributed by atoms with E-state index in [1.54, 1.807) is 40.8 Å². The van der Waals surface area contributed by atoms with Gasteiger partial charge in [-0.2, -0.15) is 0 Å². The van der Waals surface area contributed by atoms with E-state index in [4.69, 9.17) is 9.72 Å². The van der Waals surface area contributed by atoms with Crippen LogP contribution in [0.25, 0.3) is 17.0 Å². The van der Waals surface area contributed by atoms with Gasteiger partial charge in [-0.05, 0) is 63.4 Å². The first-order chi connectivity index (χ1) is 18.4. The fourth-order valence-corrected chi connectivity index (χ4v) is 7.65. The van der Waals surface area contributed by atoms with Crippen molar-refractivity contribution in [2.24, 2.45) is 0 Å². The van der Waals surface area contributed by atoms with Crippen LogP contribution in [0.2, 0.25) is 0 Å². The second kappa shape index (κ2) is 11.1. The first-order valence-electron chi connectivity index (χ1n) is 12.6. The van der Waals surface area contributed by atoms with Crippen molar-refractivity contribution in [3.8, 4) is 11.7 Å². The molecule has 8 nitrogen and oxygen atoms in total. The van der Waals surface area contributed by atoms with E-state index >= 15 is 0 Å². The summed E-state index contributed by atoms with van der Waals surface area (Å²) in [4.78, 5) is 32.3. The van der Waals surface area contributed by atoms with E-state index in [1.165, 1.54) is 6.07 Å². The number of non-ortho nitro benzene ring substituents is 1. The number of benzene rings is 2. The van der Waals surface area contributed by atoms with E-state index in [9.17, 15) is 14.9 Å². The minimum absolute atomic E-state index is 0. The number of nitrogens with zero attached hydrogens (tertiary/aromatic N) is 3. The number of hydrogen-bond acceptors (Lipinski definition) is 7. The van der Waals surface area contributed by atoms with Crippen molar-refractivity contribution in [3.05, 3.63) is 86.7 Å². The largest absolute Gasteiger partial charge is 1.00 e. The first-order valence-corrected chi connectivity index (χ1v) is 15.1. The Hall–Kier alpha value is -3.08. The third-order valence-electron chi connectivity index (χ3n) is 7.63. The number of imidazole rings is 1. The number of carbonyl (C=O) groups excluding carboxylic acids is 1. The molecule has 4 aromatic rings. The highest BCUT2D eigenvalue weighted by molar-refractivity contribution is 8.76. The fraction of sp³-hybridized carbons (Fsp3) is 0.345. The molecular formula is C29H31ClN4O4S2. The summed E-state index contributed by atoms with van der Waals surface area (Å²) in [5, 5.41) is 11.1. The maximum atomic E-state index is 13.1. The molecule has 0 amide bonds. The molecule has 0 saturated heterocycles. The maximum absolute atomic E-state index is 13.1. The predicted molar refractivity (Wildman–Crippen MR) is 156 cm³/mol. The number of aromatic amines is 1. The van der Waals surface area contributed by atoms with Gasteiger partial charge in [0.2, 0.25) is 0 Å². The van der Waals surface area contributed by atoms with Gasteiger partial charge in [0.05, 0.1) is 24.0 Å². The Morgan fingerprint density at radius 2 is 1.73 bits per heavy atom. The highest BCUT2D eigenvalue weighted by Gasteiger charge is 2.50. The lowest BCUT2D eigenvalue weighted by Gasteiger charge is -2.21. The molecule has 1 N–H and O–H groups in total. The lowest BCUT2D eigenvalue weighted by Crippen LogP contribution is -3.00. The number of rotatable bonds is 8. The van der Waals surface area contributed by atoms with Gasteiger partial charge in [-0.1, -0.05) is 38.7 Å². The molecule has 0 bridgehead atoms. The van der Waals surface area contributed by atoms with E-state index in [2.05, 4.69) is 17.1 Å². The van der Waals surface area contributed by atoms with E-state index in [-0.39, 0.29) is 28.8 Å². The number of ketones is 1. The van der Waals surface area contributed by atoms with Gasteiger partial charge in [-0.3, -0.25) is 14.9 Å². The Balaban J connectivity index is 0.00000370. The number of methoxy groups -OCH3 is 1. The van der Waals surface area contributed by atoms with Crippen molar-refractivity contribution in [1.82, 2.24) is 9.97 Å². The molecular weight excluding hydrogens is 568 g/mol. The average molecular weight is 599 g/mol. The number of H-pyrrole nitrogens is 1. The molecule has 0 radical (unpaired) electrons. The molecule has 2 aromatic heterocycles. The number of nitrogens with one attached hydrogen (secondary N) is 1. The smallest absolute Gasteiger partial charge is 0.402 e. The highest BCUT2D eigenvalue weighted by Crippen LogP contribution is 2.47. The summed E-state index contributed by atoms with van der Waals surface area (Å²) in [5.41, 5.74) is 5.74. The monoisotopic (exact) mass is 598 g/mol. The minimum atomic E-state index is -0.561. The first kappa shape index (κ1) is 29.9. The molecule has 2 aromatic carbocycles. The molecule has 5 rings (SSSR count). The van der Waals surface area contributed by atoms with Crippen molar-refractivity contribution in [2.45, 2.75) is 57.0 Å². The van der Waals surface area contributed by atoms with E-state index in [0.29, 0.717) is 17.5 Å². The normalized spacial score (nSPS) is 15.1. The zero-order valence-electron chi connectivity index (χ0n) is 23.2. The number of hydrogen-bond donors (Lipinski definition) is 1. The summed E-state index contributed by atoms with van der Waals surface area (Å²) in [5.74, 6) is 3.03.